The quantitative estimate of drug-likeness (QED) is 0.701. The van der Waals surface area contributed by atoms with Gasteiger partial charge in [-0.3, -0.25) is 19.3 Å². The monoisotopic (exact) mass is 417 g/mol. The number of benzene rings is 2. The predicted octanol–water partition coefficient (Wildman–Crippen LogP) is 2.15. The maximum atomic E-state index is 13.9. The van der Waals surface area contributed by atoms with Gasteiger partial charge in [-0.05, 0) is 49.7 Å². The molecule has 7 heteroatoms. The second-order valence-corrected chi connectivity index (χ2v) is 8.76. The number of nitrogens with zero attached hydrogens (tertiary/aromatic N) is 3. The maximum absolute atomic E-state index is 13.9. The number of carbonyl (C=O) groups is 3. The fourth-order valence-electron chi connectivity index (χ4n) is 6.43. The van der Waals surface area contributed by atoms with Crippen molar-refractivity contribution in [1.82, 2.24) is 4.90 Å². The van der Waals surface area contributed by atoms with Crippen LogP contribution in [0.4, 0.5) is 11.4 Å². The summed E-state index contributed by atoms with van der Waals surface area (Å²) in [6.07, 6.45) is 1.73. The minimum absolute atomic E-state index is 0.104. The zero-order valence-electron chi connectivity index (χ0n) is 17.4. The van der Waals surface area contributed by atoms with E-state index in [9.17, 15) is 14.4 Å². The molecule has 7 nitrogen and oxygen atoms in total. The van der Waals surface area contributed by atoms with E-state index in [-0.39, 0.29) is 23.8 Å². The summed E-state index contributed by atoms with van der Waals surface area (Å²) in [4.78, 5) is 46.5. The molecule has 0 bridgehead atoms. The molecule has 3 amide bonds. The van der Waals surface area contributed by atoms with Crippen molar-refractivity contribution in [3.63, 3.8) is 0 Å². The number of ether oxygens (including phenoxy) is 1. The molecule has 6 rings (SSSR count). The largest absolute Gasteiger partial charge is 0.497 e. The first kappa shape index (κ1) is 18.6. The van der Waals surface area contributed by atoms with E-state index in [2.05, 4.69) is 4.90 Å². The Hall–Kier alpha value is -3.19. The molecule has 4 heterocycles. The van der Waals surface area contributed by atoms with Crippen LogP contribution in [0, 0.1) is 11.8 Å². The average Bonchev–Trinajstić information content (AvgIpc) is 3.49. The van der Waals surface area contributed by atoms with Gasteiger partial charge in [0.1, 0.15) is 11.3 Å². The number of amides is 3. The lowest BCUT2D eigenvalue weighted by Crippen LogP contribution is -2.55. The number of hydrogen-bond donors (Lipinski definition) is 0. The number of hydrogen-bond acceptors (Lipinski definition) is 5. The molecule has 0 saturated carbocycles. The average molecular weight is 417 g/mol. The van der Waals surface area contributed by atoms with Gasteiger partial charge in [0.15, 0.2) is 0 Å². The lowest BCUT2D eigenvalue weighted by molar-refractivity contribution is -0.136. The van der Waals surface area contributed by atoms with Crippen molar-refractivity contribution in [2.24, 2.45) is 11.8 Å². The SMILES string of the molecule is COc1ccc(N2C(=O)C3C4CCCN4C4(C(=O)N(C)c5ccccc54)C3C2=O)cc1. The first-order valence-electron chi connectivity index (χ1n) is 10.7. The summed E-state index contributed by atoms with van der Waals surface area (Å²) in [5, 5.41) is 0. The van der Waals surface area contributed by atoms with Crippen molar-refractivity contribution in [2.45, 2.75) is 24.4 Å². The zero-order valence-corrected chi connectivity index (χ0v) is 17.4. The standard InChI is InChI=1S/C24H23N3O4/c1-25-17-7-4-3-6-16(17)24(23(25)30)20-19(18-8-5-13-26(18)24)21(28)27(22(20)29)14-9-11-15(31-2)12-10-14/h3-4,6-7,9-12,18-20H,5,8,13H2,1-2H3. The molecule has 1 spiro atoms. The van der Waals surface area contributed by atoms with Gasteiger partial charge in [0, 0.05) is 24.3 Å². The number of methoxy groups -OCH3 is 1. The number of rotatable bonds is 2. The maximum Gasteiger partial charge on any atom is 0.252 e. The van der Waals surface area contributed by atoms with Crippen molar-refractivity contribution in [2.75, 3.05) is 30.5 Å². The van der Waals surface area contributed by atoms with Crippen LogP contribution < -0.4 is 14.5 Å². The van der Waals surface area contributed by atoms with E-state index in [0.717, 1.165) is 24.1 Å². The highest BCUT2D eigenvalue weighted by Crippen LogP contribution is 2.61. The molecular weight excluding hydrogens is 394 g/mol. The Kier molecular flexibility index (Phi) is 3.69. The molecule has 2 aromatic carbocycles. The number of fused-ring (bicyclic) bond motifs is 7. The summed E-state index contributed by atoms with van der Waals surface area (Å²) in [5.74, 6) is -1.16. The van der Waals surface area contributed by atoms with Crippen LogP contribution in [0.1, 0.15) is 18.4 Å². The van der Waals surface area contributed by atoms with Crippen LogP contribution in [0.5, 0.6) is 5.75 Å². The molecule has 4 aliphatic heterocycles. The Morgan fingerprint density at radius 2 is 1.74 bits per heavy atom. The van der Waals surface area contributed by atoms with Crippen LogP contribution in [0.25, 0.3) is 0 Å². The van der Waals surface area contributed by atoms with E-state index in [1.54, 1.807) is 43.3 Å². The number of anilines is 2. The lowest BCUT2D eigenvalue weighted by atomic mass is 9.75. The number of para-hydroxylation sites is 1. The predicted molar refractivity (Wildman–Crippen MR) is 114 cm³/mol. The third-order valence-electron chi connectivity index (χ3n) is 7.61. The second kappa shape index (κ2) is 6.17. The highest BCUT2D eigenvalue weighted by molar-refractivity contribution is 6.26. The molecular formula is C24H23N3O4. The molecule has 4 unspecified atom stereocenters. The number of carbonyl (C=O) groups excluding carboxylic acids is 3. The summed E-state index contributed by atoms with van der Waals surface area (Å²) < 4.78 is 5.21. The van der Waals surface area contributed by atoms with Crippen molar-refractivity contribution >= 4 is 29.1 Å². The molecule has 158 valence electrons. The Labute approximate surface area is 180 Å². The first-order chi connectivity index (χ1) is 15.0. The van der Waals surface area contributed by atoms with Crippen LogP contribution in [0.15, 0.2) is 48.5 Å². The van der Waals surface area contributed by atoms with E-state index < -0.39 is 17.4 Å². The van der Waals surface area contributed by atoms with Crippen LogP contribution >= 0.6 is 0 Å². The Morgan fingerprint density at radius 3 is 2.48 bits per heavy atom. The van der Waals surface area contributed by atoms with Crippen LogP contribution in [-0.2, 0) is 19.9 Å². The minimum atomic E-state index is -1.11. The lowest BCUT2D eigenvalue weighted by Gasteiger charge is -2.37. The Bertz CT molecular complexity index is 1130. The van der Waals surface area contributed by atoms with Crippen LogP contribution in [-0.4, -0.2) is 49.4 Å². The molecule has 0 aliphatic carbocycles. The molecule has 3 saturated heterocycles. The highest BCUT2D eigenvalue weighted by atomic mass is 16.5. The van der Waals surface area contributed by atoms with E-state index in [4.69, 9.17) is 4.74 Å². The van der Waals surface area contributed by atoms with Crippen LogP contribution in [0.3, 0.4) is 0 Å². The van der Waals surface area contributed by atoms with E-state index >= 15 is 0 Å². The molecule has 3 fully saturated rings. The smallest absolute Gasteiger partial charge is 0.252 e. The third kappa shape index (κ3) is 2.05. The van der Waals surface area contributed by atoms with Crippen LogP contribution in [0.2, 0.25) is 0 Å². The molecule has 0 aromatic heterocycles. The zero-order chi connectivity index (χ0) is 21.5. The van der Waals surface area contributed by atoms with Gasteiger partial charge in [0.2, 0.25) is 11.8 Å². The van der Waals surface area contributed by atoms with E-state index in [1.165, 1.54) is 4.90 Å². The van der Waals surface area contributed by atoms with Gasteiger partial charge in [0.05, 0.1) is 24.6 Å². The van der Waals surface area contributed by atoms with E-state index in [0.29, 0.717) is 18.0 Å². The fourth-order valence-corrected chi connectivity index (χ4v) is 6.43. The van der Waals surface area contributed by atoms with Gasteiger partial charge in [0.25, 0.3) is 5.91 Å². The van der Waals surface area contributed by atoms with Gasteiger partial charge in [-0.2, -0.15) is 0 Å². The summed E-state index contributed by atoms with van der Waals surface area (Å²) >= 11 is 0. The molecule has 4 atom stereocenters. The van der Waals surface area contributed by atoms with Gasteiger partial charge in [-0.1, -0.05) is 18.2 Å². The molecule has 0 N–H and O–H groups in total. The van der Waals surface area contributed by atoms with Crippen molar-refractivity contribution in [3.8, 4) is 5.75 Å². The molecule has 4 aliphatic rings. The second-order valence-electron chi connectivity index (χ2n) is 8.76. The van der Waals surface area contributed by atoms with Crippen molar-refractivity contribution < 1.29 is 19.1 Å². The minimum Gasteiger partial charge on any atom is -0.497 e. The molecule has 0 radical (unpaired) electrons. The van der Waals surface area contributed by atoms with Crippen molar-refractivity contribution in [1.29, 1.82) is 0 Å². The highest BCUT2D eigenvalue weighted by Gasteiger charge is 2.75. The number of likely N-dealkylation sites (N-methyl/N-ethyl adjacent to an activating group) is 1. The summed E-state index contributed by atoms with van der Waals surface area (Å²) in [6, 6.07) is 14.5. The summed E-state index contributed by atoms with van der Waals surface area (Å²) in [5.41, 5.74) is 1.09. The summed E-state index contributed by atoms with van der Waals surface area (Å²) in [6.45, 7) is 0.717. The summed E-state index contributed by atoms with van der Waals surface area (Å²) in [7, 11) is 3.33. The fraction of sp³-hybridized carbons (Fsp3) is 0.375. The van der Waals surface area contributed by atoms with Crippen molar-refractivity contribution in [3.05, 3.63) is 54.1 Å². The molecule has 2 aromatic rings. The van der Waals surface area contributed by atoms with Gasteiger partial charge < -0.3 is 9.64 Å². The van der Waals surface area contributed by atoms with Gasteiger partial charge in [-0.25, -0.2) is 4.90 Å². The topological polar surface area (TPSA) is 70.2 Å². The molecule has 31 heavy (non-hydrogen) atoms. The third-order valence-corrected chi connectivity index (χ3v) is 7.61. The first-order valence-corrected chi connectivity index (χ1v) is 10.7. The normalized spacial score (nSPS) is 31.5. The van der Waals surface area contributed by atoms with E-state index in [1.807, 2.05) is 24.3 Å². The van der Waals surface area contributed by atoms with Gasteiger partial charge >= 0.3 is 0 Å². The Morgan fingerprint density at radius 1 is 1.00 bits per heavy atom. The Balaban J connectivity index is 1.53. The van der Waals surface area contributed by atoms with Gasteiger partial charge in [-0.15, -0.1) is 0 Å². The number of imide groups is 1.